The van der Waals surface area contributed by atoms with Crippen LogP contribution in [0.15, 0.2) is 41.1 Å². The molecule has 2 heterocycles. The quantitative estimate of drug-likeness (QED) is 0.829. The summed E-state index contributed by atoms with van der Waals surface area (Å²) in [6.07, 6.45) is 3.40. The maximum absolute atomic E-state index is 12.5. The third-order valence-corrected chi connectivity index (χ3v) is 4.70. The molecule has 1 fully saturated rings. The average molecular weight is 417 g/mol. The van der Waals surface area contributed by atoms with E-state index >= 15 is 0 Å². The summed E-state index contributed by atoms with van der Waals surface area (Å²) in [6.45, 7) is 6.45. The van der Waals surface area contributed by atoms with Gasteiger partial charge in [-0.25, -0.2) is 9.97 Å². The highest BCUT2D eigenvalue weighted by atomic mass is 79.9. The van der Waals surface area contributed by atoms with Crippen molar-refractivity contribution in [2.24, 2.45) is 5.92 Å². The summed E-state index contributed by atoms with van der Waals surface area (Å²) in [5.74, 6) is 0.0710. The molecule has 6 nitrogen and oxygen atoms in total. The van der Waals surface area contributed by atoms with Crippen molar-refractivity contribution in [2.75, 3.05) is 16.8 Å². The standard InChI is InChI=1S/C19H21BrN4O2/c1-19(2,3)18-21-9-14(10-22-18)23-17(26)12-7-16(25)24(11-12)15-6-4-5-13(20)8-15/h4-6,8-10,12H,7,11H2,1-3H3,(H,23,26). The van der Waals surface area contributed by atoms with Crippen molar-refractivity contribution in [3.8, 4) is 0 Å². The Morgan fingerprint density at radius 1 is 1.27 bits per heavy atom. The van der Waals surface area contributed by atoms with Crippen molar-refractivity contribution in [1.29, 1.82) is 0 Å². The van der Waals surface area contributed by atoms with Crippen LogP contribution in [0.3, 0.4) is 0 Å². The second kappa shape index (κ2) is 7.15. The minimum Gasteiger partial charge on any atom is -0.323 e. The lowest BCUT2D eigenvalue weighted by Gasteiger charge is -2.17. The molecule has 1 N–H and O–H groups in total. The first kappa shape index (κ1) is 18.5. The molecule has 1 aliphatic rings. The van der Waals surface area contributed by atoms with Crippen molar-refractivity contribution in [3.63, 3.8) is 0 Å². The van der Waals surface area contributed by atoms with E-state index in [-0.39, 0.29) is 23.7 Å². The van der Waals surface area contributed by atoms with Gasteiger partial charge in [0.15, 0.2) is 0 Å². The molecule has 0 aliphatic carbocycles. The van der Waals surface area contributed by atoms with Crippen molar-refractivity contribution < 1.29 is 9.59 Å². The van der Waals surface area contributed by atoms with E-state index in [1.165, 1.54) is 0 Å². The minimum absolute atomic E-state index is 0.0532. The summed E-state index contributed by atoms with van der Waals surface area (Å²) < 4.78 is 0.895. The first-order valence-electron chi connectivity index (χ1n) is 8.43. The fourth-order valence-corrected chi connectivity index (χ4v) is 3.19. The Kier molecular flexibility index (Phi) is 5.09. The van der Waals surface area contributed by atoms with Gasteiger partial charge < -0.3 is 10.2 Å². The van der Waals surface area contributed by atoms with Crippen LogP contribution < -0.4 is 10.2 Å². The molecule has 1 atom stereocenters. The molecule has 0 bridgehead atoms. The highest BCUT2D eigenvalue weighted by Crippen LogP contribution is 2.28. The summed E-state index contributed by atoms with van der Waals surface area (Å²) in [5.41, 5.74) is 1.18. The molecule has 2 aromatic rings. The highest BCUT2D eigenvalue weighted by molar-refractivity contribution is 9.10. The number of carbonyl (C=O) groups excluding carboxylic acids is 2. The number of anilines is 2. The van der Waals surface area contributed by atoms with Crippen LogP contribution in [0.25, 0.3) is 0 Å². The van der Waals surface area contributed by atoms with Crippen molar-refractivity contribution in [3.05, 3.63) is 47.0 Å². The highest BCUT2D eigenvalue weighted by Gasteiger charge is 2.35. The van der Waals surface area contributed by atoms with Gasteiger partial charge in [-0.05, 0) is 18.2 Å². The number of nitrogens with one attached hydrogen (secondary N) is 1. The first-order chi connectivity index (χ1) is 12.2. The van der Waals surface area contributed by atoms with Gasteiger partial charge in [-0.2, -0.15) is 0 Å². The van der Waals surface area contributed by atoms with Gasteiger partial charge in [0.25, 0.3) is 0 Å². The number of halogens is 1. The number of hydrogen-bond acceptors (Lipinski definition) is 4. The Morgan fingerprint density at radius 2 is 1.96 bits per heavy atom. The predicted octanol–water partition coefficient (Wildman–Crippen LogP) is 3.53. The zero-order valence-corrected chi connectivity index (χ0v) is 16.6. The second-order valence-electron chi connectivity index (χ2n) is 7.42. The first-order valence-corrected chi connectivity index (χ1v) is 9.22. The molecule has 7 heteroatoms. The van der Waals surface area contributed by atoms with Gasteiger partial charge in [-0.1, -0.05) is 42.8 Å². The van der Waals surface area contributed by atoms with Crippen LogP contribution >= 0.6 is 15.9 Å². The molecule has 1 aromatic heterocycles. The lowest BCUT2D eigenvalue weighted by molar-refractivity contribution is -0.122. The number of benzene rings is 1. The van der Waals surface area contributed by atoms with Gasteiger partial charge in [0, 0.05) is 28.5 Å². The van der Waals surface area contributed by atoms with Crippen LogP contribution in [0, 0.1) is 5.92 Å². The van der Waals surface area contributed by atoms with Crippen LogP contribution in [-0.2, 0) is 15.0 Å². The van der Waals surface area contributed by atoms with E-state index in [0.717, 1.165) is 10.2 Å². The van der Waals surface area contributed by atoms with E-state index in [2.05, 4.69) is 31.2 Å². The van der Waals surface area contributed by atoms with Crippen molar-refractivity contribution in [1.82, 2.24) is 9.97 Å². The summed E-state index contributed by atoms with van der Waals surface area (Å²) in [5, 5.41) is 2.81. The van der Waals surface area contributed by atoms with Gasteiger partial charge in [0.05, 0.1) is 24.0 Å². The Balaban J connectivity index is 1.67. The molecule has 0 radical (unpaired) electrons. The summed E-state index contributed by atoms with van der Waals surface area (Å²) >= 11 is 3.41. The smallest absolute Gasteiger partial charge is 0.229 e. The molecule has 1 saturated heterocycles. The van der Waals surface area contributed by atoms with Crippen molar-refractivity contribution >= 4 is 39.1 Å². The van der Waals surface area contributed by atoms with E-state index in [9.17, 15) is 9.59 Å². The molecule has 1 unspecified atom stereocenters. The minimum atomic E-state index is -0.399. The van der Waals surface area contributed by atoms with Crippen molar-refractivity contribution in [2.45, 2.75) is 32.6 Å². The fourth-order valence-electron chi connectivity index (χ4n) is 2.80. The van der Waals surface area contributed by atoms with Gasteiger partial charge in [-0.3, -0.25) is 9.59 Å². The summed E-state index contributed by atoms with van der Waals surface area (Å²) in [7, 11) is 0. The molecule has 136 valence electrons. The summed E-state index contributed by atoms with van der Waals surface area (Å²) in [6, 6.07) is 7.50. The van der Waals surface area contributed by atoms with Gasteiger partial charge in [0.2, 0.25) is 11.8 Å². The molecule has 0 saturated carbocycles. The Bertz CT molecular complexity index is 830. The number of nitrogens with zero attached hydrogens (tertiary/aromatic N) is 3. The van der Waals surface area contributed by atoms with E-state index in [1.54, 1.807) is 17.3 Å². The van der Waals surface area contributed by atoms with Crippen LogP contribution in [0.2, 0.25) is 0 Å². The number of amides is 2. The zero-order chi connectivity index (χ0) is 18.9. The maximum atomic E-state index is 12.5. The van der Waals surface area contributed by atoms with Crippen LogP contribution in [0.4, 0.5) is 11.4 Å². The van der Waals surface area contributed by atoms with E-state index < -0.39 is 5.92 Å². The number of hydrogen-bond donors (Lipinski definition) is 1. The maximum Gasteiger partial charge on any atom is 0.229 e. The normalized spacial score (nSPS) is 17.5. The molecule has 3 rings (SSSR count). The lowest BCUT2D eigenvalue weighted by atomic mass is 9.96. The van der Waals surface area contributed by atoms with Gasteiger partial charge in [-0.15, -0.1) is 0 Å². The Morgan fingerprint density at radius 3 is 2.58 bits per heavy atom. The molecular weight excluding hydrogens is 396 g/mol. The molecular formula is C19H21BrN4O2. The lowest BCUT2D eigenvalue weighted by Crippen LogP contribution is -2.28. The fraction of sp³-hybridized carbons (Fsp3) is 0.368. The largest absolute Gasteiger partial charge is 0.323 e. The van der Waals surface area contributed by atoms with Gasteiger partial charge >= 0.3 is 0 Å². The third kappa shape index (κ3) is 4.09. The summed E-state index contributed by atoms with van der Waals surface area (Å²) in [4.78, 5) is 35.1. The molecule has 1 aliphatic heterocycles. The van der Waals surface area contributed by atoms with Crippen LogP contribution in [-0.4, -0.2) is 28.3 Å². The van der Waals surface area contributed by atoms with Gasteiger partial charge in [0.1, 0.15) is 5.82 Å². The Hall–Kier alpha value is -2.28. The molecule has 2 amide bonds. The van der Waals surface area contributed by atoms with E-state index in [1.807, 2.05) is 45.0 Å². The monoisotopic (exact) mass is 416 g/mol. The van der Waals surface area contributed by atoms with Crippen LogP contribution in [0.5, 0.6) is 0 Å². The SMILES string of the molecule is CC(C)(C)c1ncc(NC(=O)C2CC(=O)N(c3cccc(Br)c3)C2)cn1. The number of rotatable bonds is 3. The zero-order valence-electron chi connectivity index (χ0n) is 15.0. The number of aromatic nitrogens is 2. The molecule has 26 heavy (non-hydrogen) atoms. The van der Waals surface area contributed by atoms with E-state index in [0.29, 0.717) is 18.1 Å². The van der Waals surface area contributed by atoms with E-state index in [4.69, 9.17) is 0 Å². The number of carbonyl (C=O) groups is 2. The van der Waals surface area contributed by atoms with Crippen LogP contribution in [0.1, 0.15) is 33.0 Å². The Labute approximate surface area is 161 Å². The third-order valence-electron chi connectivity index (χ3n) is 4.21. The topological polar surface area (TPSA) is 75.2 Å². The average Bonchev–Trinajstić information content (AvgIpc) is 2.96. The predicted molar refractivity (Wildman–Crippen MR) is 104 cm³/mol. The molecule has 1 aromatic carbocycles. The molecule has 0 spiro atoms. The second-order valence-corrected chi connectivity index (χ2v) is 8.34.